The Kier molecular flexibility index (Phi) is 3.46. The summed E-state index contributed by atoms with van der Waals surface area (Å²) in [6, 6.07) is 0. The van der Waals surface area contributed by atoms with E-state index in [0.717, 1.165) is 0 Å². The van der Waals surface area contributed by atoms with Gasteiger partial charge < -0.3 is 0 Å². The maximum absolute atomic E-state index is 7.89. The van der Waals surface area contributed by atoms with Crippen LogP contribution < -0.4 is 5.14 Å². The number of azide groups is 1. The van der Waals surface area contributed by atoms with Crippen LogP contribution in [0.3, 0.4) is 0 Å². The summed E-state index contributed by atoms with van der Waals surface area (Å²) in [5.74, 6) is 0. The fraction of sp³-hybridized carbons (Fsp3) is 0. The van der Waals surface area contributed by atoms with Gasteiger partial charge in [0.05, 0.1) is 10.8 Å². The van der Waals surface area contributed by atoms with E-state index in [-0.39, 0.29) is 0 Å². The van der Waals surface area contributed by atoms with Gasteiger partial charge in [-0.15, -0.1) is 0 Å². The molecule has 0 radical (unpaired) electrons. The van der Waals surface area contributed by atoms with E-state index in [1.165, 1.54) is 0 Å². The molecular weight excluding hydrogens is 172 g/mol. The van der Waals surface area contributed by atoms with Crippen LogP contribution in [0.15, 0.2) is 13.6 Å². The number of hydrogen-bond donors (Lipinski definition) is 1. The molecule has 0 fully saturated rings. The average Bonchev–Trinajstić information content (AvgIpc) is 1.88. The summed E-state index contributed by atoms with van der Waals surface area (Å²) in [5.41, 5.74) is 23.7. The molecule has 0 spiro atoms. The van der Waals surface area contributed by atoms with E-state index >= 15 is 0 Å². The molecule has 0 aliphatic heterocycles. The lowest BCUT2D eigenvalue weighted by Gasteiger charge is -2.12. The van der Waals surface area contributed by atoms with Crippen LogP contribution in [-0.2, 0) is 0 Å². The van der Waals surface area contributed by atoms with E-state index in [1.54, 1.807) is 0 Å². The average molecular weight is 174 g/mol. The minimum atomic E-state index is -3.06. The molecule has 0 aliphatic rings. The van der Waals surface area contributed by atoms with Gasteiger partial charge in [0.2, 0.25) is 0 Å². The van der Waals surface area contributed by atoms with Gasteiger partial charge in [0.25, 0.3) is 0 Å². The molecule has 0 aromatic heterocycles. The third-order valence-electron chi connectivity index (χ3n) is 0.470. The van der Waals surface area contributed by atoms with Crippen molar-refractivity contribution in [3.8, 4) is 0 Å². The highest BCUT2D eigenvalue weighted by Crippen LogP contribution is 2.44. The van der Waals surface area contributed by atoms with E-state index in [1.807, 2.05) is 0 Å². The lowest BCUT2D eigenvalue weighted by molar-refractivity contribution is 1.49. The van der Waals surface area contributed by atoms with Crippen molar-refractivity contribution in [2.45, 2.75) is 0 Å². The van der Waals surface area contributed by atoms with Gasteiger partial charge in [-0.3, -0.25) is 5.14 Å². The number of hydrogen-bond acceptors (Lipinski definition) is 4. The standard InChI is InChI=1S/H2N10S/c1-5-8-11(4,9-6-2)10-7-3/h4H2. The van der Waals surface area contributed by atoms with Gasteiger partial charge in [0, 0.05) is 14.7 Å². The summed E-state index contributed by atoms with van der Waals surface area (Å²) in [6.07, 6.45) is 0. The molecule has 2 N–H and O–H groups in total. The van der Waals surface area contributed by atoms with Gasteiger partial charge in [-0.2, -0.15) is 0 Å². The first-order chi connectivity index (χ1) is 5.18. The predicted molar refractivity (Wildman–Crippen MR) is 39.2 cm³/mol. The molecule has 0 heterocycles. The maximum Gasteiger partial charge on any atom is 0.0570 e. The summed E-state index contributed by atoms with van der Waals surface area (Å²) in [7, 11) is -3.06. The molecule has 0 rings (SSSR count). The van der Waals surface area contributed by atoms with Gasteiger partial charge in [0.1, 0.15) is 0 Å². The fourth-order valence-corrected chi connectivity index (χ4v) is 0.631. The van der Waals surface area contributed by atoms with Gasteiger partial charge in [-0.05, 0) is 30.2 Å². The molecule has 0 aromatic carbocycles. The van der Waals surface area contributed by atoms with E-state index in [4.69, 9.17) is 21.7 Å². The summed E-state index contributed by atoms with van der Waals surface area (Å²) in [5, 5.41) is 5.05. The minimum absolute atomic E-state index is 2.25. The lowest BCUT2D eigenvalue weighted by Crippen LogP contribution is -1.97. The van der Waals surface area contributed by atoms with Gasteiger partial charge in [-0.1, -0.05) is 0 Å². The highest BCUT2D eigenvalue weighted by molar-refractivity contribution is 8.28. The Bertz CT molecular complexity index is 222. The second kappa shape index (κ2) is 4.12. The van der Waals surface area contributed by atoms with Crippen LogP contribution in [-0.4, -0.2) is 0 Å². The van der Waals surface area contributed by atoms with E-state index in [9.17, 15) is 0 Å². The lowest BCUT2D eigenvalue weighted by atomic mass is 13.0. The first-order valence-electron chi connectivity index (χ1n) is 1.98. The maximum atomic E-state index is 7.89. The summed E-state index contributed by atoms with van der Waals surface area (Å²) in [4.78, 5) is 6.76. The second-order valence-electron chi connectivity index (χ2n) is 1.07. The minimum Gasteiger partial charge on any atom is -0.277 e. The van der Waals surface area contributed by atoms with Crippen LogP contribution in [0.2, 0.25) is 0 Å². The van der Waals surface area contributed by atoms with Crippen LogP contribution in [0.5, 0.6) is 0 Å². The van der Waals surface area contributed by atoms with Gasteiger partial charge in [0.15, 0.2) is 0 Å². The van der Waals surface area contributed by atoms with Crippen molar-refractivity contribution in [3.63, 3.8) is 0 Å². The normalized spacial score (nSPS) is 15.7. The van der Waals surface area contributed by atoms with Gasteiger partial charge >= 0.3 is 0 Å². The van der Waals surface area contributed by atoms with E-state index < -0.39 is 10.8 Å². The van der Waals surface area contributed by atoms with Crippen molar-refractivity contribution >= 4 is 10.8 Å². The molecular formula is H2N10S. The van der Waals surface area contributed by atoms with Crippen LogP contribution in [0.25, 0.3) is 31.3 Å². The molecule has 0 bridgehead atoms. The number of nitrogens with two attached hydrogens (primary N) is 1. The first-order valence-corrected chi connectivity index (χ1v) is 3.55. The highest BCUT2D eigenvalue weighted by Gasteiger charge is 2.10. The largest absolute Gasteiger partial charge is 0.277 e. The van der Waals surface area contributed by atoms with Crippen LogP contribution in [0, 0.1) is 0 Å². The fourth-order valence-electron chi connectivity index (χ4n) is 0.210. The summed E-state index contributed by atoms with van der Waals surface area (Å²) in [6.45, 7) is 0. The molecule has 10 nitrogen and oxygen atoms in total. The van der Waals surface area contributed by atoms with E-state index in [2.05, 4.69) is 28.3 Å². The number of nitrogens with zero attached hydrogens (tertiary/aromatic N) is 9. The number of rotatable bonds is 3. The molecule has 0 saturated heterocycles. The molecule has 11 heteroatoms. The molecule has 0 amide bonds. The van der Waals surface area contributed by atoms with E-state index in [0.29, 0.717) is 0 Å². The first kappa shape index (κ1) is 9.24. The zero-order chi connectivity index (χ0) is 8.74. The highest BCUT2D eigenvalue weighted by atomic mass is 32.3. The third-order valence-corrected chi connectivity index (χ3v) is 1.41. The van der Waals surface area contributed by atoms with Crippen LogP contribution >= 0.6 is 10.8 Å². The Labute approximate surface area is 61.7 Å². The molecule has 0 saturated carbocycles. The SMILES string of the molecule is [N-]=[N+]=NS(N)(N=[N+]=[N-])N=[N+]=[N-]. The topological polar surface area (TPSA) is 172 Å². The second-order valence-corrected chi connectivity index (χ2v) is 2.69. The third kappa shape index (κ3) is 3.06. The monoisotopic (exact) mass is 174 g/mol. The molecule has 0 aromatic rings. The molecule has 0 atom stereocenters. The van der Waals surface area contributed by atoms with Crippen LogP contribution in [0.1, 0.15) is 0 Å². The molecule has 11 heavy (non-hydrogen) atoms. The Balaban J connectivity index is 4.94. The van der Waals surface area contributed by atoms with Crippen molar-refractivity contribution < 1.29 is 0 Å². The van der Waals surface area contributed by atoms with Crippen molar-refractivity contribution in [1.82, 2.24) is 0 Å². The zero-order valence-electron chi connectivity index (χ0n) is 5.01. The quantitative estimate of drug-likeness (QED) is 0.386. The smallest absolute Gasteiger partial charge is 0.0570 e. The molecule has 0 unspecified atom stereocenters. The van der Waals surface area contributed by atoms with Crippen molar-refractivity contribution in [2.75, 3.05) is 0 Å². The van der Waals surface area contributed by atoms with Crippen LogP contribution in [0.4, 0.5) is 0 Å². The Hall–Kier alpha value is -1.76. The molecule has 0 aliphatic carbocycles. The zero-order valence-corrected chi connectivity index (χ0v) is 5.83. The Morgan fingerprint density at radius 2 is 1.18 bits per heavy atom. The van der Waals surface area contributed by atoms with Crippen molar-refractivity contribution in [3.05, 3.63) is 31.3 Å². The summed E-state index contributed by atoms with van der Waals surface area (Å²) < 4.78 is 8.51. The summed E-state index contributed by atoms with van der Waals surface area (Å²) >= 11 is 0. The Morgan fingerprint density at radius 1 is 0.909 bits per heavy atom. The van der Waals surface area contributed by atoms with Crippen molar-refractivity contribution in [2.24, 2.45) is 18.7 Å². The van der Waals surface area contributed by atoms with Gasteiger partial charge in [-0.25, -0.2) is 0 Å². The Morgan fingerprint density at radius 3 is 1.36 bits per heavy atom. The molecule has 58 valence electrons. The van der Waals surface area contributed by atoms with Crippen molar-refractivity contribution in [1.29, 1.82) is 0 Å². The predicted octanol–water partition coefficient (Wildman–Crippen LogP) is 2.34.